The molecule has 274 valence electrons. The number of carbonyl (C=O) groups is 1. The van der Waals surface area contributed by atoms with Gasteiger partial charge in [-0.05, 0) is 92.5 Å². The van der Waals surface area contributed by atoms with Crippen molar-refractivity contribution in [1.29, 1.82) is 0 Å². The Morgan fingerprint density at radius 3 is 1.96 bits per heavy atom. The second kappa shape index (κ2) is 34.0. The third kappa shape index (κ3) is 24.3. The minimum absolute atomic E-state index is 0.0181. The van der Waals surface area contributed by atoms with Crippen molar-refractivity contribution in [2.75, 3.05) is 33.5 Å². The average Bonchev–Trinajstić information content (AvgIpc) is 3.15. The molecule has 0 spiro atoms. The highest BCUT2D eigenvalue weighted by atomic mass is 35.5. The molecule has 1 atom stereocenters. The van der Waals surface area contributed by atoms with Gasteiger partial charge in [-0.15, -0.1) is 0 Å². The van der Waals surface area contributed by atoms with E-state index in [1.165, 1.54) is 0 Å². The molecule has 8 nitrogen and oxygen atoms in total. The lowest BCUT2D eigenvalue weighted by Gasteiger charge is -2.13. The van der Waals surface area contributed by atoms with Gasteiger partial charge in [-0.25, -0.2) is 0 Å². The van der Waals surface area contributed by atoms with E-state index in [0.29, 0.717) is 40.0 Å². The van der Waals surface area contributed by atoms with Gasteiger partial charge >= 0.3 is 0 Å². The number of ketones is 1. The number of Topliss-reactive ketones (excluding diaryl/α,β-unsaturated/α-hetero) is 1. The van der Waals surface area contributed by atoms with Gasteiger partial charge in [0.2, 0.25) is 6.54 Å². The largest absolute Gasteiger partial charge is 0.497 e. The molecule has 0 amide bonds. The maximum Gasteiger partial charge on any atom is 0.211 e. The van der Waals surface area contributed by atoms with Crippen molar-refractivity contribution in [2.24, 2.45) is 0 Å². The molecule has 9 heteroatoms. The number of halogens is 1. The number of hydrogen-bond donors (Lipinski definition) is 0. The first-order valence-electron chi connectivity index (χ1n) is 16.7. The third-order valence-corrected chi connectivity index (χ3v) is 6.11. The number of ether oxygens (including phenoxy) is 4. The fourth-order valence-corrected chi connectivity index (χ4v) is 3.53. The van der Waals surface area contributed by atoms with Crippen molar-refractivity contribution in [3.05, 3.63) is 118 Å². The molecule has 0 heterocycles. The lowest BCUT2D eigenvalue weighted by atomic mass is 9.91. The monoisotopic (exact) mass is 709 g/mol. The molecule has 50 heavy (non-hydrogen) atoms. The minimum atomic E-state index is -0.559. The number of benzene rings is 2. The van der Waals surface area contributed by atoms with Gasteiger partial charge in [0.1, 0.15) is 30.5 Å². The normalized spacial score (nSPS) is 10.1. The zero-order valence-corrected chi connectivity index (χ0v) is 32.3. The lowest BCUT2D eigenvalue weighted by molar-refractivity contribution is -0.483. The number of methoxy groups -OCH3 is 1. The quantitative estimate of drug-likeness (QED) is 0.0453. The summed E-state index contributed by atoms with van der Waals surface area (Å²) in [4.78, 5) is 23.5. The number of nitrogens with zero attached hydrogens (tertiary/aromatic N) is 1. The van der Waals surface area contributed by atoms with Crippen LogP contribution in [0.2, 0.25) is 0 Å². The van der Waals surface area contributed by atoms with Crippen molar-refractivity contribution in [2.45, 2.75) is 74.7 Å². The Morgan fingerprint density at radius 1 is 0.940 bits per heavy atom. The smallest absolute Gasteiger partial charge is 0.211 e. The molecule has 1 unspecified atom stereocenters. The van der Waals surface area contributed by atoms with E-state index < -0.39 is 10.8 Å². The van der Waals surface area contributed by atoms with Crippen molar-refractivity contribution in [3.8, 4) is 35.2 Å². The van der Waals surface area contributed by atoms with Gasteiger partial charge in [-0.3, -0.25) is 14.9 Å². The fraction of sp³-hybridized carbons (Fsp3) is 0.390. The molecule has 0 fully saturated rings. The summed E-state index contributed by atoms with van der Waals surface area (Å²) in [6, 6.07) is 13.6. The van der Waals surface area contributed by atoms with Crippen LogP contribution in [0.5, 0.6) is 11.5 Å². The Morgan fingerprint density at radius 2 is 1.48 bits per heavy atom. The summed E-state index contributed by atoms with van der Waals surface area (Å²) in [7, 11) is 1.54. The summed E-state index contributed by atoms with van der Waals surface area (Å²) in [5.41, 5.74) is 1.17. The van der Waals surface area contributed by atoms with Crippen LogP contribution in [0.1, 0.15) is 90.6 Å². The molecule has 0 radical (unpaired) electrons. The summed E-state index contributed by atoms with van der Waals surface area (Å²) in [5.74, 6) is 12.7. The van der Waals surface area contributed by atoms with Crippen molar-refractivity contribution in [1.82, 2.24) is 0 Å². The Kier molecular flexibility index (Phi) is 33.6. The number of carbonyl (C=O) groups excluding carboxylic acids is 1. The van der Waals surface area contributed by atoms with E-state index in [1.54, 1.807) is 73.9 Å². The molecule has 0 aliphatic rings. The van der Waals surface area contributed by atoms with Gasteiger partial charge < -0.3 is 18.9 Å². The van der Waals surface area contributed by atoms with Crippen LogP contribution in [-0.4, -0.2) is 44.2 Å². The summed E-state index contributed by atoms with van der Waals surface area (Å²) in [6.45, 7) is 25.4. The van der Waals surface area contributed by atoms with Crippen LogP contribution in [0.15, 0.2) is 96.5 Å². The first-order chi connectivity index (χ1) is 24.1. The SMILES string of the molecule is C=C(OCC)/C(Cl)=C\C.C=C/C=C(\C)OCC#CC#CCOc1ccc(C(CC(=O)c2ccc(OC)cc2)C[N+](=O)[O-])cc1.CC.CC.CC. The Labute approximate surface area is 306 Å². The third-order valence-electron chi connectivity index (χ3n) is 5.68. The van der Waals surface area contributed by atoms with Gasteiger partial charge in [0.05, 0.1) is 30.4 Å². The molecule has 0 aliphatic carbocycles. The number of rotatable bonds is 15. The van der Waals surface area contributed by atoms with E-state index in [-0.39, 0.29) is 32.0 Å². The van der Waals surface area contributed by atoms with Crippen LogP contribution < -0.4 is 9.47 Å². The predicted molar refractivity (Wildman–Crippen MR) is 208 cm³/mol. The maximum atomic E-state index is 12.7. The number of nitro groups is 1. The van der Waals surface area contributed by atoms with E-state index in [9.17, 15) is 14.9 Å². The van der Waals surface area contributed by atoms with E-state index in [0.717, 1.165) is 5.76 Å². The molecule has 2 aromatic rings. The highest BCUT2D eigenvalue weighted by molar-refractivity contribution is 6.31. The molecular weight excluding hydrogens is 654 g/mol. The van der Waals surface area contributed by atoms with Crippen LogP contribution in [0.25, 0.3) is 0 Å². The van der Waals surface area contributed by atoms with E-state index in [4.69, 9.17) is 30.5 Å². The van der Waals surface area contributed by atoms with Gasteiger partial charge in [0.15, 0.2) is 5.78 Å². The van der Waals surface area contributed by atoms with Crippen LogP contribution in [0.4, 0.5) is 0 Å². The minimum Gasteiger partial charge on any atom is -0.497 e. The summed E-state index contributed by atoms with van der Waals surface area (Å²) in [5, 5.41) is 11.8. The lowest BCUT2D eigenvalue weighted by Crippen LogP contribution is -2.16. The zero-order valence-electron chi connectivity index (χ0n) is 31.6. The van der Waals surface area contributed by atoms with Crippen LogP contribution in [0, 0.1) is 33.8 Å². The van der Waals surface area contributed by atoms with E-state index in [1.807, 2.05) is 62.3 Å². The van der Waals surface area contributed by atoms with Crippen LogP contribution in [0.3, 0.4) is 0 Å². The van der Waals surface area contributed by atoms with E-state index in [2.05, 4.69) is 36.8 Å². The molecule has 0 aromatic heterocycles. The molecular formula is C41H56ClNO7. The second-order valence-electron chi connectivity index (χ2n) is 8.82. The summed E-state index contributed by atoms with van der Waals surface area (Å²) in [6.07, 6.45) is 5.14. The molecule has 2 rings (SSSR count). The topological polar surface area (TPSA) is 97.1 Å². The number of allylic oxidation sites excluding steroid dienone is 5. The number of hydrogen-bond acceptors (Lipinski definition) is 7. The Hall–Kier alpha value is -4.92. The van der Waals surface area contributed by atoms with Gasteiger partial charge in [-0.2, -0.15) is 0 Å². The van der Waals surface area contributed by atoms with Crippen LogP contribution in [-0.2, 0) is 9.47 Å². The van der Waals surface area contributed by atoms with Crippen LogP contribution >= 0.6 is 11.6 Å². The molecule has 0 saturated heterocycles. The summed E-state index contributed by atoms with van der Waals surface area (Å²) < 4.78 is 21.0. The average molecular weight is 710 g/mol. The van der Waals surface area contributed by atoms with E-state index >= 15 is 0 Å². The highest BCUT2D eigenvalue weighted by Gasteiger charge is 2.22. The molecule has 2 aromatic carbocycles. The van der Waals surface area contributed by atoms with Gasteiger partial charge in [0, 0.05) is 16.9 Å². The molecule has 0 aliphatic heterocycles. The van der Waals surface area contributed by atoms with Gasteiger partial charge in [0.25, 0.3) is 0 Å². The second-order valence-corrected chi connectivity index (χ2v) is 9.23. The Bertz CT molecular complexity index is 1420. The zero-order chi connectivity index (χ0) is 38.7. The molecule has 0 saturated carbocycles. The first kappa shape index (κ1) is 49.5. The van der Waals surface area contributed by atoms with Crippen molar-refractivity contribution < 1.29 is 28.7 Å². The summed E-state index contributed by atoms with van der Waals surface area (Å²) >= 11 is 5.63. The Balaban J connectivity index is -0.00000125. The molecule has 0 N–H and O–H groups in total. The molecule has 0 bridgehead atoms. The fourth-order valence-electron chi connectivity index (χ4n) is 3.47. The highest BCUT2D eigenvalue weighted by Crippen LogP contribution is 2.25. The van der Waals surface area contributed by atoms with Gasteiger partial charge in [-0.1, -0.05) is 90.6 Å². The van der Waals surface area contributed by atoms with Crippen molar-refractivity contribution in [3.63, 3.8) is 0 Å². The first-order valence-corrected chi connectivity index (χ1v) is 17.1. The predicted octanol–water partition coefficient (Wildman–Crippen LogP) is 10.6. The van der Waals surface area contributed by atoms with Crippen molar-refractivity contribution >= 4 is 17.4 Å². The standard InChI is InChI=1S/C28H27NO6.C7H11ClO.3C2H6/c1-4-9-22(2)34-18-7-5-6-8-19-35-27-16-10-23(11-17-27)25(21-29(31)32)20-28(30)24-12-14-26(33-3)15-13-24;1-4-7(8)6(3)9-5-2;3*1-2/h4,9-17,25H,1,18-21H2,2-3H3;4H,3,5H2,1-2H3;3*1-2H3/b22-9+;7-4+;;;. The maximum absolute atomic E-state index is 12.7.